The first kappa shape index (κ1) is 23.0. The summed E-state index contributed by atoms with van der Waals surface area (Å²) in [5, 5.41) is 10.5. The van der Waals surface area contributed by atoms with Crippen LogP contribution in [0.4, 0.5) is 4.79 Å². The minimum absolute atomic E-state index is 0.138. The SMILES string of the molecule is CN(C(=O)Cc1ccc(Cl)c(Cl)c1)[C@H](CN(C(=O)O)C(C)(C)C)c1ccccc1. The third-order valence-electron chi connectivity index (χ3n) is 4.78. The number of halogens is 2. The van der Waals surface area contributed by atoms with E-state index in [1.165, 1.54) is 4.90 Å². The lowest BCUT2D eigenvalue weighted by molar-refractivity contribution is -0.132. The zero-order chi connectivity index (χ0) is 21.8. The predicted octanol–water partition coefficient (Wildman–Crippen LogP) is 5.51. The van der Waals surface area contributed by atoms with Crippen LogP contribution in [0.5, 0.6) is 0 Å². The number of hydrogen-bond donors (Lipinski definition) is 1. The van der Waals surface area contributed by atoms with Gasteiger partial charge in [-0.05, 0) is 44.0 Å². The molecule has 5 nitrogen and oxygen atoms in total. The second-order valence-electron chi connectivity index (χ2n) is 7.92. The molecule has 7 heteroatoms. The molecule has 0 fully saturated rings. The summed E-state index contributed by atoms with van der Waals surface area (Å²) in [7, 11) is 1.69. The fraction of sp³-hybridized carbons (Fsp3) is 0.364. The van der Waals surface area contributed by atoms with Gasteiger partial charge in [-0.1, -0.05) is 59.6 Å². The van der Waals surface area contributed by atoms with Crippen molar-refractivity contribution in [1.29, 1.82) is 0 Å². The van der Waals surface area contributed by atoms with Crippen molar-refractivity contribution in [3.63, 3.8) is 0 Å². The molecule has 0 heterocycles. The molecule has 0 aliphatic heterocycles. The number of carboxylic acid groups (broad SMARTS) is 1. The summed E-state index contributed by atoms with van der Waals surface area (Å²) in [6, 6.07) is 14.1. The monoisotopic (exact) mass is 436 g/mol. The van der Waals surface area contributed by atoms with Gasteiger partial charge in [-0.25, -0.2) is 4.79 Å². The van der Waals surface area contributed by atoms with Crippen LogP contribution in [0, 0.1) is 0 Å². The van der Waals surface area contributed by atoms with Gasteiger partial charge in [0.15, 0.2) is 0 Å². The van der Waals surface area contributed by atoms with E-state index in [0.717, 1.165) is 11.1 Å². The third kappa shape index (κ3) is 6.12. The molecule has 0 saturated carbocycles. The zero-order valence-corrected chi connectivity index (χ0v) is 18.5. The molecular weight excluding hydrogens is 411 g/mol. The second kappa shape index (κ2) is 9.51. The average molecular weight is 437 g/mol. The minimum atomic E-state index is -1.02. The lowest BCUT2D eigenvalue weighted by Gasteiger charge is -2.39. The Hall–Kier alpha value is -2.24. The van der Waals surface area contributed by atoms with E-state index >= 15 is 0 Å². The van der Waals surface area contributed by atoms with Gasteiger partial charge in [0.1, 0.15) is 0 Å². The Balaban J connectivity index is 2.30. The number of amides is 2. The van der Waals surface area contributed by atoms with Crippen molar-refractivity contribution in [2.24, 2.45) is 0 Å². The summed E-state index contributed by atoms with van der Waals surface area (Å²) >= 11 is 12.0. The van der Waals surface area contributed by atoms with Crippen LogP contribution in [0.1, 0.15) is 37.9 Å². The lowest BCUT2D eigenvalue weighted by Crippen LogP contribution is -2.49. The molecule has 0 radical (unpaired) electrons. The number of benzene rings is 2. The molecule has 29 heavy (non-hydrogen) atoms. The van der Waals surface area contributed by atoms with Crippen LogP contribution in [0.3, 0.4) is 0 Å². The Kier molecular flexibility index (Phi) is 7.55. The van der Waals surface area contributed by atoms with E-state index in [-0.39, 0.29) is 18.9 Å². The standard InChI is InChI=1S/C22H26Cl2N2O3/c1-22(2,3)26(21(28)29)14-19(16-8-6-5-7-9-16)25(4)20(27)13-15-10-11-17(23)18(24)12-15/h5-12,19H,13-14H2,1-4H3,(H,28,29)/t19-/m1/s1. The third-order valence-corrected chi connectivity index (χ3v) is 5.52. The van der Waals surface area contributed by atoms with Gasteiger partial charge in [0.25, 0.3) is 0 Å². The van der Waals surface area contributed by atoms with E-state index in [4.69, 9.17) is 23.2 Å². The topological polar surface area (TPSA) is 60.9 Å². The Bertz CT molecular complexity index is 866. The molecule has 0 aliphatic rings. The number of hydrogen-bond acceptors (Lipinski definition) is 2. The molecule has 0 aromatic heterocycles. The minimum Gasteiger partial charge on any atom is -0.465 e. The van der Waals surface area contributed by atoms with E-state index in [1.54, 1.807) is 30.1 Å². The molecule has 0 saturated heterocycles. The highest BCUT2D eigenvalue weighted by Crippen LogP contribution is 2.27. The van der Waals surface area contributed by atoms with Crippen LogP contribution in [0.2, 0.25) is 10.0 Å². The van der Waals surface area contributed by atoms with Crippen LogP contribution in [-0.2, 0) is 11.2 Å². The normalized spacial score (nSPS) is 12.3. The summed E-state index contributed by atoms with van der Waals surface area (Å²) in [6.07, 6.45) is -0.886. The van der Waals surface area contributed by atoms with Gasteiger partial charge in [0, 0.05) is 19.1 Å². The molecule has 2 aromatic carbocycles. The first-order chi connectivity index (χ1) is 13.5. The Morgan fingerprint density at radius 1 is 1.03 bits per heavy atom. The van der Waals surface area contributed by atoms with Crippen molar-refractivity contribution < 1.29 is 14.7 Å². The average Bonchev–Trinajstić information content (AvgIpc) is 2.64. The molecule has 2 amide bonds. The Labute approximate surface area is 181 Å². The quantitative estimate of drug-likeness (QED) is 0.648. The van der Waals surface area contributed by atoms with Crippen LogP contribution in [-0.4, -0.2) is 46.0 Å². The van der Waals surface area contributed by atoms with Gasteiger partial charge < -0.3 is 14.9 Å². The van der Waals surface area contributed by atoms with Crippen LogP contribution >= 0.6 is 23.2 Å². The maximum Gasteiger partial charge on any atom is 0.407 e. The van der Waals surface area contributed by atoms with Crippen LogP contribution < -0.4 is 0 Å². The Morgan fingerprint density at radius 2 is 1.66 bits per heavy atom. The highest BCUT2D eigenvalue weighted by Gasteiger charge is 2.32. The molecule has 0 unspecified atom stereocenters. The molecule has 1 N–H and O–H groups in total. The maximum absolute atomic E-state index is 13.0. The lowest BCUT2D eigenvalue weighted by atomic mass is 10.0. The van der Waals surface area contributed by atoms with Gasteiger partial charge in [-0.15, -0.1) is 0 Å². The first-order valence-electron chi connectivity index (χ1n) is 9.26. The van der Waals surface area contributed by atoms with Crippen molar-refractivity contribution in [2.45, 2.75) is 38.8 Å². The molecular formula is C22H26Cl2N2O3. The highest BCUT2D eigenvalue weighted by molar-refractivity contribution is 6.42. The fourth-order valence-electron chi connectivity index (χ4n) is 3.06. The Morgan fingerprint density at radius 3 is 2.17 bits per heavy atom. The summed E-state index contributed by atoms with van der Waals surface area (Å²) < 4.78 is 0. The highest BCUT2D eigenvalue weighted by atomic mass is 35.5. The first-order valence-corrected chi connectivity index (χ1v) is 10.0. The molecule has 0 bridgehead atoms. The maximum atomic E-state index is 13.0. The van der Waals surface area contributed by atoms with Crippen molar-refractivity contribution in [3.8, 4) is 0 Å². The van der Waals surface area contributed by atoms with Crippen molar-refractivity contribution in [2.75, 3.05) is 13.6 Å². The number of carbonyl (C=O) groups is 2. The summed E-state index contributed by atoms with van der Waals surface area (Å²) in [6.45, 7) is 5.66. The van der Waals surface area contributed by atoms with E-state index in [0.29, 0.717) is 10.0 Å². The zero-order valence-electron chi connectivity index (χ0n) is 17.0. The number of nitrogens with zero attached hydrogens (tertiary/aromatic N) is 2. The molecule has 0 spiro atoms. The molecule has 1 atom stereocenters. The second-order valence-corrected chi connectivity index (χ2v) is 8.73. The largest absolute Gasteiger partial charge is 0.465 e. The van der Waals surface area contributed by atoms with Gasteiger partial charge in [-0.3, -0.25) is 4.79 Å². The number of rotatable bonds is 6. The van der Waals surface area contributed by atoms with Crippen LogP contribution in [0.15, 0.2) is 48.5 Å². The van der Waals surface area contributed by atoms with Gasteiger partial charge in [-0.2, -0.15) is 0 Å². The summed E-state index contributed by atoms with van der Waals surface area (Å²) in [4.78, 5) is 27.8. The number of likely N-dealkylation sites (N-methyl/N-ethyl adjacent to an activating group) is 1. The number of carbonyl (C=O) groups excluding carboxylic acids is 1. The van der Waals surface area contributed by atoms with Crippen molar-refractivity contribution in [1.82, 2.24) is 9.80 Å². The van der Waals surface area contributed by atoms with E-state index in [9.17, 15) is 14.7 Å². The smallest absolute Gasteiger partial charge is 0.407 e. The molecule has 2 rings (SSSR count). The van der Waals surface area contributed by atoms with E-state index in [1.807, 2.05) is 51.1 Å². The summed E-state index contributed by atoms with van der Waals surface area (Å²) in [5.74, 6) is -0.142. The van der Waals surface area contributed by atoms with Gasteiger partial charge in [0.05, 0.1) is 22.5 Å². The van der Waals surface area contributed by atoms with E-state index < -0.39 is 17.7 Å². The molecule has 2 aromatic rings. The molecule has 0 aliphatic carbocycles. The van der Waals surface area contributed by atoms with Crippen LogP contribution in [0.25, 0.3) is 0 Å². The predicted molar refractivity (Wildman–Crippen MR) is 117 cm³/mol. The van der Waals surface area contributed by atoms with Crippen molar-refractivity contribution in [3.05, 3.63) is 69.7 Å². The molecule has 156 valence electrons. The summed E-state index contributed by atoms with van der Waals surface area (Å²) in [5.41, 5.74) is 1.01. The van der Waals surface area contributed by atoms with Crippen molar-refractivity contribution >= 4 is 35.2 Å². The van der Waals surface area contributed by atoms with E-state index in [2.05, 4.69) is 0 Å². The fourth-order valence-corrected chi connectivity index (χ4v) is 3.38. The van der Waals surface area contributed by atoms with Gasteiger partial charge in [0.2, 0.25) is 5.91 Å². The van der Waals surface area contributed by atoms with Gasteiger partial charge >= 0.3 is 6.09 Å².